The van der Waals surface area contributed by atoms with Crippen molar-refractivity contribution in [3.63, 3.8) is 0 Å². The highest BCUT2D eigenvalue weighted by Gasteiger charge is 2.45. The first-order valence-electron chi connectivity index (χ1n) is 7.94. The zero-order valence-corrected chi connectivity index (χ0v) is 15.4. The molecule has 1 heterocycles. The number of esters is 1. The summed E-state index contributed by atoms with van der Waals surface area (Å²) in [6, 6.07) is 6.01. The van der Waals surface area contributed by atoms with Crippen molar-refractivity contribution < 1.29 is 23.9 Å². The summed E-state index contributed by atoms with van der Waals surface area (Å²) in [6.45, 7) is 3.76. The summed E-state index contributed by atoms with van der Waals surface area (Å²) in [5, 5.41) is 5.67. The van der Waals surface area contributed by atoms with Crippen LogP contribution in [0, 0.1) is 0 Å². The van der Waals surface area contributed by atoms with Crippen LogP contribution in [-0.2, 0) is 19.1 Å². The first-order chi connectivity index (χ1) is 12.1. The Balaban J connectivity index is 1.81. The predicted octanol–water partition coefficient (Wildman–Crippen LogP) is 1.39. The minimum Gasteiger partial charge on any atom is -0.454 e. The predicted molar refractivity (Wildman–Crippen MR) is 93.3 cm³/mol. The number of benzene rings is 1. The maximum absolute atomic E-state index is 12.0. The smallest absolute Gasteiger partial charge is 0.326 e. The Morgan fingerprint density at radius 2 is 2.04 bits per heavy atom. The van der Waals surface area contributed by atoms with E-state index in [9.17, 15) is 19.2 Å². The quantitative estimate of drug-likeness (QED) is 0.572. The second kappa shape index (κ2) is 7.74. The number of imide groups is 1. The van der Waals surface area contributed by atoms with Crippen LogP contribution in [0.1, 0.15) is 32.4 Å². The fraction of sp³-hybridized carbons (Fsp3) is 0.412. The SMILES string of the molecule is C[C@@H](NC(=O)COC(=O)CN1C(=O)NC(C)(C)C1=O)c1cccc(Cl)c1. The number of amides is 4. The van der Waals surface area contributed by atoms with Crippen LogP contribution in [0.4, 0.5) is 4.79 Å². The molecule has 0 spiro atoms. The van der Waals surface area contributed by atoms with E-state index in [1.54, 1.807) is 25.1 Å². The Kier molecular flexibility index (Phi) is 5.86. The van der Waals surface area contributed by atoms with Crippen molar-refractivity contribution in [2.75, 3.05) is 13.2 Å². The van der Waals surface area contributed by atoms with Crippen LogP contribution in [0.3, 0.4) is 0 Å². The lowest BCUT2D eigenvalue weighted by Gasteiger charge is -2.16. The van der Waals surface area contributed by atoms with Gasteiger partial charge in [0.2, 0.25) is 0 Å². The van der Waals surface area contributed by atoms with Gasteiger partial charge >= 0.3 is 12.0 Å². The second-order valence-electron chi connectivity index (χ2n) is 6.45. The first kappa shape index (κ1) is 19.7. The zero-order chi connectivity index (χ0) is 19.5. The topological polar surface area (TPSA) is 105 Å². The number of carbonyl (C=O) groups is 4. The molecule has 1 atom stereocenters. The molecular weight excluding hydrogens is 362 g/mol. The molecule has 4 amide bonds. The number of hydrogen-bond acceptors (Lipinski definition) is 5. The van der Waals surface area contributed by atoms with Crippen molar-refractivity contribution in [3.8, 4) is 0 Å². The van der Waals surface area contributed by atoms with E-state index in [4.69, 9.17) is 16.3 Å². The molecule has 0 saturated carbocycles. The van der Waals surface area contributed by atoms with Crippen molar-refractivity contribution in [3.05, 3.63) is 34.9 Å². The molecule has 1 saturated heterocycles. The molecule has 140 valence electrons. The summed E-state index contributed by atoms with van der Waals surface area (Å²) in [7, 11) is 0. The molecule has 1 aliphatic rings. The molecule has 8 nitrogen and oxygen atoms in total. The summed E-state index contributed by atoms with van der Waals surface area (Å²) in [4.78, 5) is 48.2. The van der Waals surface area contributed by atoms with Gasteiger partial charge in [-0.25, -0.2) is 4.79 Å². The fourth-order valence-corrected chi connectivity index (χ4v) is 2.62. The van der Waals surface area contributed by atoms with Gasteiger partial charge in [0.15, 0.2) is 6.61 Å². The standard InChI is InChI=1S/C17H20ClN3O5/c1-10(11-5-4-6-12(18)7-11)19-13(22)9-26-14(23)8-21-15(24)17(2,3)20-16(21)25/h4-7,10H,8-9H2,1-3H3,(H,19,22)(H,20,25)/t10-/m1/s1. The van der Waals surface area contributed by atoms with E-state index < -0.39 is 42.5 Å². The van der Waals surface area contributed by atoms with E-state index in [-0.39, 0.29) is 6.04 Å². The van der Waals surface area contributed by atoms with Crippen LogP contribution < -0.4 is 10.6 Å². The monoisotopic (exact) mass is 381 g/mol. The number of urea groups is 1. The maximum atomic E-state index is 12.0. The van der Waals surface area contributed by atoms with Gasteiger partial charge in [0.25, 0.3) is 11.8 Å². The molecule has 1 aliphatic heterocycles. The zero-order valence-electron chi connectivity index (χ0n) is 14.7. The average Bonchev–Trinajstić information content (AvgIpc) is 2.74. The van der Waals surface area contributed by atoms with Gasteiger partial charge in [0.1, 0.15) is 12.1 Å². The molecule has 26 heavy (non-hydrogen) atoms. The highest BCUT2D eigenvalue weighted by Crippen LogP contribution is 2.17. The van der Waals surface area contributed by atoms with Crippen LogP contribution in [-0.4, -0.2) is 47.4 Å². The van der Waals surface area contributed by atoms with Crippen LogP contribution in [0.2, 0.25) is 5.02 Å². The Bertz CT molecular complexity index is 750. The number of rotatable bonds is 6. The molecule has 0 bridgehead atoms. The van der Waals surface area contributed by atoms with E-state index in [2.05, 4.69) is 10.6 Å². The minimum absolute atomic E-state index is 0.327. The van der Waals surface area contributed by atoms with Crippen LogP contribution >= 0.6 is 11.6 Å². The average molecular weight is 382 g/mol. The molecule has 0 radical (unpaired) electrons. The Hall–Kier alpha value is -2.61. The summed E-state index contributed by atoms with van der Waals surface area (Å²) >= 11 is 5.91. The largest absolute Gasteiger partial charge is 0.454 e. The van der Waals surface area contributed by atoms with Gasteiger partial charge in [-0.05, 0) is 38.5 Å². The fourth-order valence-electron chi connectivity index (χ4n) is 2.42. The highest BCUT2D eigenvalue weighted by atomic mass is 35.5. The van der Waals surface area contributed by atoms with Gasteiger partial charge < -0.3 is 15.4 Å². The van der Waals surface area contributed by atoms with E-state index in [0.717, 1.165) is 10.5 Å². The number of hydrogen-bond donors (Lipinski definition) is 2. The number of ether oxygens (including phenoxy) is 1. The van der Waals surface area contributed by atoms with Gasteiger partial charge in [-0.3, -0.25) is 19.3 Å². The second-order valence-corrected chi connectivity index (χ2v) is 6.89. The molecule has 2 rings (SSSR count). The molecule has 2 N–H and O–H groups in total. The highest BCUT2D eigenvalue weighted by molar-refractivity contribution is 6.30. The number of carbonyl (C=O) groups excluding carboxylic acids is 4. The van der Waals surface area contributed by atoms with Gasteiger partial charge in [0.05, 0.1) is 6.04 Å². The van der Waals surface area contributed by atoms with E-state index in [0.29, 0.717) is 5.02 Å². The van der Waals surface area contributed by atoms with Crippen LogP contribution in [0.25, 0.3) is 0 Å². The molecular formula is C17H20ClN3O5. The molecule has 9 heteroatoms. The van der Waals surface area contributed by atoms with Gasteiger partial charge in [0, 0.05) is 5.02 Å². The summed E-state index contributed by atoms with van der Waals surface area (Å²) in [5.41, 5.74) is -0.264. The third-order valence-corrected chi connectivity index (χ3v) is 4.06. The lowest BCUT2D eigenvalue weighted by atomic mass is 10.1. The summed E-state index contributed by atoms with van der Waals surface area (Å²) < 4.78 is 4.84. The Morgan fingerprint density at radius 3 is 2.62 bits per heavy atom. The van der Waals surface area contributed by atoms with E-state index in [1.165, 1.54) is 13.8 Å². The van der Waals surface area contributed by atoms with Crippen molar-refractivity contribution in [1.29, 1.82) is 0 Å². The number of nitrogens with one attached hydrogen (secondary N) is 2. The third-order valence-electron chi connectivity index (χ3n) is 3.82. The lowest BCUT2D eigenvalue weighted by Crippen LogP contribution is -2.41. The molecule has 1 aromatic rings. The van der Waals surface area contributed by atoms with E-state index in [1.807, 2.05) is 6.07 Å². The number of halogens is 1. The van der Waals surface area contributed by atoms with Gasteiger partial charge in [-0.1, -0.05) is 23.7 Å². The Labute approximate surface area is 155 Å². The molecule has 0 aromatic heterocycles. The lowest BCUT2D eigenvalue weighted by molar-refractivity contribution is -0.151. The van der Waals surface area contributed by atoms with E-state index >= 15 is 0 Å². The van der Waals surface area contributed by atoms with Gasteiger partial charge in [-0.15, -0.1) is 0 Å². The molecule has 1 aromatic carbocycles. The first-order valence-corrected chi connectivity index (χ1v) is 8.32. The molecule has 0 aliphatic carbocycles. The van der Waals surface area contributed by atoms with Crippen LogP contribution in [0.5, 0.6) is 0 Å². The Morgan fingerprint density at radius 1 is 1.35 bits per heavy atom. The third kappa shape index (κ3) is 4.72. The van der Waals surface area contributed by atoms with Crippen LogP contribution in [0.15, 0.2) is 24.3 Å². The summed E-state index contributed by atoms with van der Waals surface area (Å²) in [5.74, 6) is -1.89. The molecule has 1 fully saturated rings. The van der Waals surface area contributed by atoms with Crippen molar-refractivity contribution >= 4 is 35.4 Å². The van der Waals surface area contributed by atoms with Gasteiger partial charge in [-0.2, -0.15) is 0 Å². The normalized spacial score (nSPS) is 16.8. The van der Waals surface area contributed by atoms with Crippen molar-refractivity contribution in [2.24, 2.45) is 0 Å². The minimum atomic E-state index is -1.07. The number of nitrogens with zero attached hydrogens (tertiary/aromatic N) is 1. The molecule has 0 unspecified atom stereocenters. The summed E-state index contributed by atoms with van der Waals surface area (Å²) in [6.07, 6.45) is 0. The van der Waals surface area contributed by atoms with Crippen molar-refractivity contribution in [2.45, 2.75) is 32.4 Å². The maximum Gasteiger partial charge on any atom is 0.326 e. The van der Waals surface area contributed by atoms with Crippen molar-refractivity contribution in [1.82, 2.24) is 15.5 Å².